The second kappa shape index (κ2) is 8.42. The Kier molecular flexibility index (Phi) is 8.53. The van der Waals surface area contributed by atoms with Gasteiger partial charge in [0.25, 0.3) is 0 Å². The molecule has 0 saturated carbocycles. The summed E-state index contributed by atoms with van der Waals surface area (Å²) in [5.41, 5.74) is 0. The van der Waals surface area contributed by atoms with Crippen molar-refractivity contribution in [2.24, 2.45) is 0 Å². The maximum absolute atomic E-state index is 11.7. The third kappa shape index (κ3) is 5.48. The van der Waals surface area contributed by atoms with Crippen LogP contribution >= 0.6 is 0 Å². The van der Waals surface area contributed by atoms with Crippen LogP contribution in [0.1, 0.15) is 19.8 Å². The second-order valence-electron chi connectivity index (χ2n) is 3.46. The summed E-state index contributed by atoms with van der Waals surface area (Å²) in [6, 6.07) is 5.08. The molecule has 1 aromatic rings. The van der Waals surface area contributed by atoms with E-state index in [4.69, 9.17) is 0 Å². The SMILES string of the molecule is CCCCNS(=O)(=O)c1ccc(S(=O)[O-])cc1.[Na+]. The van der Waals surface area contributed by atoms with E-state index < -0.39 is 21.1 Å². The smallest absolute Gasteiger partial charge is 0.768 e. The number of rotatable bonds is 6. The molecule has 1 atom stereocenters. The van der Waals surface area contributed by atoms with Crippen molar-refractivity contribution in [3.8, 4) is 0 Å². The normalized spacial score (nSPS) is 12.8. The van der Waals surface area contributed by atoms with Crippen molar-refractivity contribution in [2.75, 3.05) is 6.54 Å². The number of nitrogens with one attached hydrogen (secondary N) is 1. The van der Waals surface area contributed by atoms with E-state index in [9.17, 15) is 17.2 Å². The predicted molar refractivity (Wildman–Crippen MR) is 63.7 cm³/mol. The summed E-state index contributed by atoms with van der Waals surface area (Å²) < 4.78 is 47.1. The number of unbranched alkanes of at least 4 members (excludes halogenated alkanes) is 1. The third-order valence-electron chi connectivity index (χ3n) is 2.15. The summed E-state index contributed by atoms with van der Waals surface area (Å²) in [6.45, 7) is 2.35. The van der Waals surface area contributed by atoms with Crippen molar-refractivity contribution in [2.45, 2.75) is 29.6 Å². The van der Waals surface area contributed by atoms with Crippen LogP contribution in [-0.4, -0.2) is 23.7 Å². The average Bonchev–Trinajstić information content (AvgIpc) is 2.29. The van der Waals surface area contributed by atoms with Gasteiger partial charge in [-0.1, -0.05) is 13.3 Å². The quantitative estimate of drug-likeness (QED) is 0.374. The molecule has 0 bridgehead atoms. The Labute approximate surface area is 132 Å². The first-order valence-electron chi connectivity index (χ1n) is 5.16. The number of hydrogen-bond acceptors (Lipinski definition) is 4. The monoisotopic (exact) mass is 299 g/mol. The fourth-order valence-electron chi connectivity index (χ4n) is 1.20. The molecule has 0 aliphatic heterocycles. The van der Waals surface area contributed by atoms with E-state index in [0.717, 1.165) is 12.8 Å². The maximum Gasteiger partial charge on any atom is 1.00 e. The molecule has 0 saturated heterocycles. The van der Waals surface area contributed by atoms with Gasteiger partial charge in [0.05, 0.1) is 4.90 Å². The summed E-state index contributed by atoms with van der Waals surface area (Å²) in [5, 5.41) is 0. The van der Waals surface area contributed by atoms with Crippen LogP contribution in [0.25, 0.3) is 0 Å². The van der Waals surface area contributed by atoms with E-state index in [2.05, 4.69) is 4.72 Å². The van der Waals surface area contributed by atoms with E-state index >= 15 is 0 Å². The zero-order chi connectivity index (χ0) is 12.9. The van der Waals surface area contributed by atoms with Gasteiger partial charge in [-0.2, -0.15) is 0 Å². The first-order chi connectivity index (χ1) is 7.97. The molecular formula is C10H14NNaO4S2. The van der Waals surface area contributed by atoms with Crippen LogP contribution in [0.15, 0.2) is 34.1 Å². The maximum atomic E-state index is 11.7. The minimum absolute atomic E-state index is 0. The predicted octanol–water partition coefficient (Wildman–Crippen LogP) is -1.99. The fraction of sp³-hybridized carbons (Fsp3) is 0.400. The first-order valence-corrected chi connectivity index (χ1v) is 7.72. The third-order valence-corrected chi connectivity index (χ3v) is 4.28. The minimum atomic E-state index is -3.53. The Morgan fingerprint density at radius 1 is 1.28 bits per heavy atom. The van der Waals surface area contributed by atoms with Gasteiger partial charge >= 0.3 is 29.6 Å². The van der Waals surface area contributed by atoms with Crippen molar-refractivity contribution < 1.29 is 46.7 Å². The number of hydrogen-bond donors (Lipinski definition) is 1. The molecule has 0 spiro atoms. The van der Waals surface area contributed by atoms with Crippen molar-refractivity contribution in [1.82, 2.24) is 4.72 Å². The zero-order valence-electron chi connectivity index (χ0n) is 10.4. The first kappa shape index (κ1) is 18.2. The topological polar surface area (TPSA) is 86.3 Å². The van der Waals surface area contributed by atoms with Crippen LogP contribution in [0.5, 0.6) is 0 Å². The Bertz CT molecular complexity index is 487. The van der Waals surface area contributed by atoms with E-state index in [-0.39, 0.29) is 39.3 Å². The van der Waals surface area contributed by atoms with Gasteiger partial charge in [0.15, 0.2) is 0 Å². The van der Waals surface area contributed by atoms with Gasteiger partial charge in [0.2, 0.25) is 10.0 Å². The zero-order valence-corrected chi connectivity index (χ0v) is 14.0. The van der Waals surface area contributed by atoms with Crippen LogP contribution in [0.4, 0.5) is 0 Å². The van der Waals surface area contributed by atoms with Gasteiger partial charge in [0.1, 0.15) is 0 Å². The average molecular weight is 299 g/mol. The van der Waals surface area contributed by atoms with Crippen molar-refractivity contribution in [3.05, 3.63) is 24.3 Å². The summed E-state index contributed by atoms with van der Waals surface area (Å²) in [6.07, 6.45) is 1.67. The molecule has 18 heavy (non-hydrogen) atoms. The van der Waals surface area contributed by atoms with Gasteiger partial charge in [0, 0.05) is 11.4 Å². The second-order valence-corrected chi connectivity index (χ2v) is 6.17. The summed E-state index contributed by atoms with van der Waals surface area (Å²) in [4.78, 5) is 0.139. The van der Waals surface area contributed by atoms with E-state index in [1.165, 1.54) is 24.3 Å². The van der Waals surface area contributed by atoms with Gasteiger partial charge in [-0.25, -0.2) is 13.1 Å². The van der Waals surface area contributed by atoms with Crippen molar-refractivity contribution in [1.29, 1.82) is 0 Å². The fourth-order valence-corrected chi connectivity index (χ4v) is 2.63. The molecule has 5 nitrogen and oxygen atoms in total. The molecule has 0 radical (unpaired) electrons. The molecule has 1 aromatic carbocycles. The molecule has 0 aromatic heterocycles. The molecular weight excluding hydrogens is 285 g/mol. The molecule has 96 valence electrons. The summed E-state index contributed by atoms with van der Waals surface area (Å²) >= 11 is -2.34. The Hall–Kier alpha value is 0.240. The number of sulfonamides is 1. The van der Waals surface area contributed by atoms with E-state index in [0.29, 0.717) is 6.54 Å². The van der Waals surface area contributed by atoms with Crippen LogP contribution in [0.2, 0.25) is 0 Å². The largest absolute Gasteiger partial charge is 1.00 e. The Morgan fingerprint density at radius 2 is 1.83 bits per heavy atom. The van der Waals surface area contributed by atoms with E-state index in [1.54, 1.807) is 0 Å². The Morgan fingerprint density at radius 3 is 2.28 bits per heavy atom. The molecule has 0 amide bonds. The summed E-state index contributed by atoms with van der Waals surface area (Å²) in [7, 11) is -3.53. The molecule has 1 unspecified atom stereocenters. The van der Waals surface area contributed by atoms with Crippen LogP contribution < -0.4 is 34.3 Å². The summed E-state index contributed by atoms with van der Waals surface area (Å²) in [5.74, 6) is 0. The standard InChI is InChI=1S/C10H15NO4S2.Na/c1-2-3-8-11-17(14,15)10-6-4-9(5-7-10)16(12)13;/h4-7,11H,2-3,8H2,1H3,(H,12,13);/q;+1/p-1. The van der Waals surface area contributed by atoms with Crippen molar-refractivity contribution >= 4 is 21.1 Å². The van der Waals surface area contributed by atoms with Gasteiger partial charge < -0.3 is 4.55 Å². The minimum Gasteiger partial charge on any atom is -0.768 e. The molecule has 1 N–H and O–H groups in total. The van der Waals surface area contributed by atoms with Gasteiger partial charge in [-0.05, 0) is 41.8 Å². The molecule has 0 heterocycles. The van der Waals surface area contributed by atoms with Crippen molar-refractivity contribution in [3.63, 3.8) is 0 Å². The van der Waals surface area contributed by atoms with Crippen LogP contribution in [0, 0.1) is 0 Å². The van der Waals surface area contributed by atoms with E-state index in [1.807, 2.05) is 6.92 Å². The molecule has 0 fully saturated rings. The van der Waals surface area contributed by atoms with Crippen LogP contribution in [0.3, 0.4) is 0 Å². The number of benzene rings is 1. The molecule has 0 aliphatic rings. The molecule has 0 aliphatic carbocycles. The molecule has 1 rings (SSSR count). The van der Waals surface area contributed by atoms with Gasteiger partial charge in [-0.3, -0.25) is 4.21 Å². The van der Waals surface area contributed by atoms with Gasteiger partial charge in [-0.15, -0.1) is 0 Å². The van der Waals surface area contributed by atoms with Crippen LogP contribution in [-0.2, 0) is 21.1 Å². The Balaban J connectivity index is 0.00000289. The molecule has 8 heteroatoms.